The Hall–Kier alpha value is -1.04. The first kappa shape index (κ1) is 14.4. The minimum Gasteiger partial charge on any atom is -0.395 e. The van der Waals surface area contributed by atoms with E-state index in [0.29, 0.717) is 12.6 Å². The van der Waals surface area contributed by atoms with Gasteiger partial charge in [-0.15, -0.1) is 0 Å². The average molecular weight is 267 g/mol. The minimum absolute atomic E-state index is 0.0535. The maximum absolute atomic E-state index is 13.2. The molecule has 4 nitrogen and oxygen atoms in total. The van der Waals surface area contributed by atoms with E-state index in [4.69, 9.17) is 0 Å². The molecule has 1 aliphatic heterocycles. The number of rotatable bonds is 6. The first-order valence-electron chi connectivity index (χ1n) is 6.89. The zero-order chi connectivity index (χ0) is 13.7. The maximum Gasteiger partial charge on any atom is 0.141 e. The van der Waals surface area contributed by atoms with Gasteiger partial charge >= 0.3 is 0 Å². The van der Waals surface area contributed by atoms with Crippen molar-refractivity contribution in [3.63, 3.8) is 0 Å². The molecule has 106 valence electrons. The molecule has 2 rings (SSSR count). The van der Waals surface area contributed by atoms with Crippen LogP contribution >= 0.6 is 0 Å². The average Bonchev–Trinajstić information content (AvgIpc) is 2.90. The molecule has 1 saturated heterocycles. The van der Waals surface area contributed by atoms with Crippen LogP contribution in [-0.2, 0) is 0 Å². The number of aromatic nitrogens is 1. The fourth-order valence-electron chi connectivity index (χ4n) is 2.63. The summed E-state index contributed by atoms with van der Waals surface area (Å²) in [4.78, 5) is 6.08. The monoisotopic (exact) mass is 267 g/mol. The van der Waals surface area contributed by atoms with E-state index in [1.54, 1.807) is 6.20 Å². The van der Waals surface area contributed by atoms with Crippen LogP contribution in [0.15, 0.2) is 18.5 Å². The van der Waals surface area contributed by atoms with Gasteiger partial charge in [-0.3, -0.25) is 9.88 Å². The molecule has 19 heavy (non-hydrogen) atoms. The van der Waals surface area contributed by atoms with E-state index in [0.717, 1.165) is 25.1 Å². The minimum atomic E-state index is -0.313. The summed E-state index contributed by atoms with van der Waals surface area (Å²) in [6.45, 7) is 4.67. The first-order chi connectivity index (χ1) is 9.20. The molecular weight excluding hydrogens is 245 g/mol. The normalized spacial score (nSPS) is 20.9. The second kappa shape index (κ2) is 6.93. The van der Waals surface area contributed by atoms with Gasteiger partial charge in [-0.2, -0.15) is 0 Å². The summed E-state index contributed by atoms with van der Waals surface area (Å²) in [6, 6.07) is 2.04. The van der Waals surface area contributed by atoms with Gasteiger partial charge in [-0.1, -0.05) is 0 Å². The molecule has 0 aliphatic carbocycles. The van der Waals surface area contributed by atoms with Crippen molar-refractivity contribution in [1.82, 2.24) is 15.2 Å². The van der Waals surface area contributed by atoms with E-state index < -0.39 is 0 Å². The Morgan fingerprint density at radius 2 is 2.42 bits per heavy atom. The quantitative estimate of drug-likeness (QED) is 0.816. The summed E-state index contributed by atoms with van der Waals surface area (Å²) in [7, 11) is 0. The Morgan fingerprint density at radius 3 is 3.05 bits per heavy atom. The summed E-state index contributed by atoms with van der Waals surface area (Å²) in [5, 5.41) is 12.7. The van der Waals surface area contributed by atoms with Gasteiger partial charge in [0.25, 0.3) is 0 Å². The Balaban J connectivity index is 2.04. The Bertz CT molecular complexity index is 396. The molecule has 2 heterocycles. The van der Waals surface area contributed by atoms with Crippen molar-refractivity contribution in [3.8, 4) is 0 Å². The third-order valence-electron chi connectivity index (χ3n) is 3.76. The van der Waals surface area contributed by atoms with E-state index in [9.17, 15) is 9.50 Å². The fourth-order valence-corrected chi connectivity index (χ4v) is 2.63. The number of nitrogens with one attached hydrogen (secondary N) is 1. The van der Waals surface area contributed by atoms with Gasteiger partial charge in [-0.25, -0.2) is 4.39 Å². The van der Waals surface area contributed by atoms with Crippen LogP contribution in [0.1, 0.15) is 31.4 Å². The molecule has 1 aromatic rings. The van der Waals surface area contributed by atoms with Gasteiger partial charge < -0.3 is 10.4 Å². The highest BCUT2D eigenvalue weighted by molar-refractivity contribution is 5.14. The highest BCUT2D eigenvalue weighted by Gasteiger charge is 2.22. The van der Waals surface area contributed by atoms with Crippen LogP contribution in [0.25, 0.3) is 0 Å². The van der Waals surface area contributed by atoms with Crippen LogP contribution < -0.4 is 5.32 Å². The van der Waals surface area contributed by atoms with Gasteiger partial charge in [0.05, 0.1) is 12.8 Å². The van der Waals surface area contributed by atoms with Gasteiger partial charge in [0.2, 0.25) is 0 Å². The molecule has 0 bridgehead atoms. The van der Waals surface area contributed by atoms with Crippen LogP contribution in [0.5, 0.6) is 0 Å². The van der Waals surface area contributed by atoms with Crippen molar-refractivity contribution in [2.45, 2.75) is 31.8 Å². The molecule has 0 spiro atoms. The van der Waals surface area contributed by atoms with E-state index >= 15 is 0 Å². The summed E-state index contributed by atoms with van der Waals surface area (Å²) in [6.07, 6.45) is 5.27. The third kappa shape index (κ3) is 3.96. The summed E-state index contributed by atoms with van der Waals surface area (Å²) < 4.78 is 13.2. The summed E-state index contributed by atoms with van der Waals surface area (Å²) in [5.74, 6) is -0.313. The topological polar surface area (TPSA) is 48.4 Å². The lowest BCUT2D eigenvalue weighted by Crippen LogP contribution is -2.40. The third-order valence-corrected chi connectivity index (χ3v) is 3.76. The molecule has 2 unspecified atom stereocenters. The van der Waals surface area contributed by atoms with Crippen LogP contribution in [0.4, 0.5) is 4.39 Å². The number of aliphatic hydroxyl groups excluding tert-OH is 1. The molecular formula is C14H22FN3O. The zero-order valence-electron chi connectivity index (χ0n) is 11.3. The lowest BCUT2D eigenvalue weighted by molar-refractivity contribution is 0.147. The predicted octanol–water partition coefficient (Wildman–Crippen LogP) is 1.33. The van der Waals surface area contributed by atoms with Gasteiger partial charge in [-0.05, 0) is 37.9 Å². The van der Waals surface area contributed by atoms with Crippen molar-refractivity contribution >= 4 is 0 Å². The lowest BCUT2D eigenvalue weighted by atomic mass is 10.1. The SMILES string of the molecule is CC(c1cncc(F)c1)N(CCO)CC1CCCN1. The number of nitrogens with zero attached hydrogens (tertiary/aromatic N) is 2. The molecule has 2 N–H and O–H groups in total. The molecule has 0 amide bonds. The first-order valence-corrected chi connectivity index (χ1v) is 6.89. The Morgan fingerprint density at radius 1 is 1.58 bits per heavy atom. The van der Waals surface area contributed by atoms with Crippen molar-refractivity contribution in [2.75, 3.05) is 26.2 Å². The number of hydrogen-bond acceptors (Lipinski definition) is 4. The Kier molecular flexibility index (Phi) is 5.24. The van der Waals surface area contributed by atoms with Gasteiger partial charge in [0.1, 0.15) is 5.82 Å². The second-order valence-electron chi connectivity index (χ2n) is 5.12. The summed E-state index contributed by atoms with van der Waals surface area (Å²) >= 11 is 0. The molecule has 1 aliphatic rings. The van der Waals surface area contributed by atoms with E-state index in [-0.39, 0.29) is 18.5 Å². The Labute approximate surface area is 113 Å². The van der Waals surface area contributed by atoms with Crippen LogP contribution in [-0.4, -0.2) is 47.3 Å². The molecule has 0 radical (unpaired) electrons. The van der Waals surface area contributed by atoms with Gasteiger partial charge in [0, 0.05) is 31.4 Å². The second-order valence-corrected chi connectivity index (χ2v) is 5.12. The summed E-state index contributed by atoms with van der Waals surface area (Å²) in [5.41, 5.74) is 0.853. The number of halogens is 1. The number of aliphatic hydroxyl groups is 1. The van der Waals surface area contributed by atoms with E-state index in [1.165, 1.54) is 18.7 Å². The predicted molar refractivity (Wildman–Crippen MR) is 72.3 cm³/mol. The van der Waals surface area contributed by atoms with E-state index in [1.807, 2.05) is 6.92 Å². The van der Waals surface area contributed by atoms with Crippen molar-refractivity contribution in [1.29, 1.82) is 0 Å². The van der Waals surface area contributed by atoms with Gasteiger partial charge in [0.15, 0.2) is 0 Å². The smallest absolute Gasteiger partial charge is 0.141 e. The highest BCUT2D eigenvalue weighted by Crippen LogP contribution is 2.21. The van der Waals surface area contributed by atoms with Crippen molar-refractivity contribution in [2.24, 2.45) is 0 Å². The molecule has 0 aromatic carbocycles. The largest absolute Gasteiger partial charge is 0.395 e. The fraction of sp³-hybridized carbons (Fsp3) is 0.643. The van der Waals surface area contributed by atoms with Crippen LogP contribution in [0.3, 0.4) is 0 Å². The zero-order valence-corrected chi connectivity index (χ0v) is 11.3. The molecule has 2 atom stereocenters. The standard InChI is InChI=1S/C14H22FN3O/c1-11(12-7-13(15)9-16-8-12)18(5-6-19)10-14-3-2-4-17-14/h7-9,11,14,17,19H,2-6,10H2,1H3. The molecule has 1 aromatic heterocycles. The lowest BCUT2D eigenvalue weighted by Gasteiger charge is -2.31. The number of hydrogen-bond donors (Lipinski definition) is 2. The highest BCUT2D eigenvalue weighted by atomic mass is 19.1. The molecule has 0 saturated carbocycles. The molecule has 5 heteroatoms. The van der Waals surface area contributed by atoms with E-state index in [2.05, 4.69) is 15.2 Å². The number of pyridine rings is 1. The van der Waals surface area contributed by atoms with Crippen molar-refractivity contribution in [3.05, 3.63) is 29.8 Å². The van der Waals surface area contributed by atoms with Crippen LogP contribution in [0.2, 0.25) is 0 Å². The molecule has 1 fully saturated rings. The maximum atomic E-state index is 13.2. The van der Waals surface area contributed by atoms with Crippen molar-refractivity contribution < 1.29 is 9.50 Å². The van der Waals surface area contributed by atoms with Crippen LogP contribution in [0, 0.1) is 5.82 Å².